The molecule has 15 unspecified atom stereocenters. The molecule has 123 heavy (non-hydrogen) atoms. The van der Waals surface area contributed by atoms with E-state index in [1.807, 2.05) is 0 Å². The van der Waals surface area contributed by atoms with Gasteiger partial charge in [0.05, 0.1) is 159 Å². The zero-order valence-corrected chi connectivity index (χ0v) is 71.1. The third kappa shape index (κ3) is 46.8. The molecular formula is C75H124N8O40. The fourth-order valence-corrected chi connectivity index (χ4v) is 12.0. The molecule has 0 aromatic carbocycles. The zero-order chi connectivity index (χ0) is 91.0. The first-order valence-electron chi connectivity index (χ1n) is 40.0. The molecule has 0 spiro atoms. The minimum atomic E-state index is -1.44. The number of ether oxygens (including phenoxy) is 22. The quantitative estimate of drug-likeness (QED) is 0.0153. The lowest BCUT2D eigenvalue weighted by molar-refractivity contribution is -0.279. The van der Waals surface area contributed by atoms with Gasteiger partial charge in [0.1, 0.15) is 55.1 Å². The first-order valence-corrected chi connectivity index (χ1v) is 40.0. The topological polar surface area (TPSA) is 616 Å². The van der Waals surface area contributed by atoms with Crippen LogP contribution >= 0.6 is 0 Å². The molecule has 0 bridgehead atoms. The lowest BCUT2D eigenvalue weighted by Crippen LogP contribution is -2.66. The molecule has 3 aliphatic heterocycles. The maximum absolute atomic E-state index is 14.0. The molecule has 48 nitrogen and oxygen atoms in total. The zero-order valence-electron chi connectivity index (χ0n) is 71.1. The highest BCUT2D eigenvalue weighted by Gasteiger charge is 2.54. The van der Waals surface area contributed by atoms with Crippen LogP contribution in [-0.2, 0) is 176 Å². The summed E-state index contributed by atoms with van der Waals surface area (Å²) in [7, 11) is 0. The summed E-state index contributed by atoms with van der Waals surface area (Å²) >= 11 is 0. The van der Waals surface area contributed by atoms with Crippen LogP contribution in [0.15, 0.2) is 0 Å². The Labute approximate surface area is 710 Å². The van der Waals surface area contributed by atoms with Crippen LogP contribution in [0.25, 0.3) is 0 Å². The Balaban J connectivity index is 1.76. The Morgan fingerprint density at radius 1 is 0.301 bits per heavy atom. The first-order chi connectivity index (χ1) is 58.8. The van der Waals surface area contributed by atoms with Crippen molar-refractivity contribution in [1.82, 2.24) is 42.5 Å². The van der Waals surface area contributed by atoms with Gasteiger partial charge < -0.3 is 162 Å². The van der Waals surface area contributed by atoms with E-state index in [0.29, 0.717) is 39.6 Å². The standard InChI is InChI=1S/C75H124N8O40/c1-44(87)79-62-68(118-51(8)94)65(115-48(5)91)56(41-85)121-73(62)111-38-35-103-21-16-76-59(97)13-11-54(71(100)77-17-22-104-36-39-112-74-63(80-45(2)88)69(119-52(9)95)66(116-49(6)92)57(42-86)122-74)82-60(98)14-12-55(83-61(99)15-20-102-25-27-107-29-31-109-33-34-110-32-30-108-28-26-106-24-19-84)72(101)78-18-23-105-37-40-113-75-64(81-46(3)89)70(120-53(10)96)67(117-50(7)93)58(123-75)43-114-47(4)90/h54-58,62-70,73-75,84-86H,11-43H2,1-10H3,(H,76,97)(H,77,100)(H,78,101)(H,79,87)(H,80,88)(H,81,89)(H,82,98)(H,83,99)/t54-,55-,56?,57?,58?,62?,63?,64?,65?,66?,67?,68?,69?,70?,73?,74?,75?/m0/s1. The van der Waals surface area contributed by atoms with Gasteiger partial charge in [-0.05, 0) is 12.8 Å². The maximum atomic E-state index is 14.0. The Hall–Kier alpha value is -8.67. The summed E-state index contributed by atoms with van der Waals surface area (Å²) in [5.41, 5.74) is 0. The molecule has 0 aromatic heterocycles. The van der Waals surface area contributed by atoms with Crippen molar-refractivity contribution in [2.45, 2.75) is 205 Å². The molecule has 3 aliphatic rings. The Kier molecular flexibility index (Phi) is 55.8. The fraction of sp³-hybridized carbons (Fsp3) is 0.800. The molecular weight excluding hydrogens is 1650 g/mol. The molecule has 0 saturated carbocycles. The molecule has 8 amide bonds. The lowest BCUT2D eigenvalue weighted by atomic mass is 9.96. The number of nitrogens with one attached hydrogen (secondary N) is 8. The van der Waals surface area contributed by atoms with Crippen molar-refractivity contribution >= 4 is 89.0 Å². The highest BCUT2D eigenvalue weighted by molar-refractivity contribution is 5.90. The third-order valence-corrected chi connectivity index (χ3v) is 17.1. The summed E-state index contributed by atoms with van der Waals surface area (Å²) in [4.78, 5) is 191. The van der Waals surface area contributed by atoms with E-state index in [4.69, 9.17) is 109 Å². The van der Waals surface area contributed by atoms with E-state index in [9.17, 15) is 82.1 Å². The summed E-state index contributed by atoms with van der Waals surface area (Å²) in [6.07, 6.45) is -18.0. The fourth-order valence-electron chi connectivity index (χ4n) is 12.0. The maximum Gasteiger partial charge on any atom is 0.303 e. The molecule has 3 rings (SSSR count). The smallest absolute Gasteiger partial charge is 0.303 e. The molecule has 3 saturated heterocycles. The van der Waals surface area contributed by atoms with E-state index >= 15 is 0 Å². The first kappa shape index (κ1) is 109. The number of aliphatic hydroxyl groups is 3. The molecule has 17 atom stereocenters. The number of hydrogen-bond acceptors (Lipinski definition) is 40. The van der Waals surface area contributed by atoms with Gasteiger partial charge in [0.2, 0.25) is 47.3 Å². The van der Waals surface area contributed by atoms with Crippen molar-refractivity contribution in [3.8, 4) is 0 Å². The van der Waals surface area contributed by atoms with Gasteiger partial charge in [-0.2, -0.15) is 0 Å². The van der Waals surface area contributed by atoms with Gasteiger partial charge in [0.15, 0.2) is 55.5 Å². The molecule has 3 heterocycles. The number of hydrogen-bond donors (Lipinski definition) is 11. The number of carbonyl (C=O) groups excluding carboxylic acids is 15. The average Bonchev–Trinajstić information content (AvgIpc) is 0.800. The number of esters is 7. The Bertz CT molecular complexity index is 3220. The van der Waals surface area contributed by atoms with Gasteiger partial charge in [0.25, 0.3) is 0 Å². The Morgan fingerprint density at radius 2 is 0.577 bits per heavy atom. The second kappa shape index (κ2) is 63.3. The van der Waals surface area contributed by atoms with Crippen molar-refractivity contribution in [3.05, 3.63) is 0 Å². The van der Waals surface area contributed by atoms with Crippen LogP contribution < -0.4 is 42.5 Å². The highest BCUT2D eigenvalue weighted by atomic mass is 16.7. The monoisotopic (exact) mass is 1780 g/mol. The number of rotatable bonds is 64. The summed E-state index contributed by atoms with van der Waals surface area (Å²) in [6.45, 7) is 9.73. The number of carbonyl (C=O) groups is 15. The van der Waals surface area contributed by atoms with Crippen molar-refractivity contribution in [1.29, 1.82) is 0 Å². The normalized spacial score (nSPS) is 22.8. The minimum absolute atomic E-state index is 0.0717. The van der Waals surface area contributed by atoms with E-state index in [2.05, 4.69) is 42.5 Å². The third-order valence-electron chi connectivity index (χ3n) is 17.1. The molecule has 3 fully saturated rings. The predicted molar refractivity (Wildman–Crippen MR) is 411 cm³/mol. The summed E-state index contributed by atoms with van der Waals surface area (Å²) < 4.78 is 122. The second-order valence-electron chi connectivity index (χ2n) is 27.3. The van der Waals surface area contributed by atoms with Gasteiger partial charge in [-0.25, -0.2) is 0 Å². The van der Waals surface area contributed by atoms with Crippen LogP contribution in [0.2, 0.25) is 0 Å². The van der Waals surface area contributed by atoms with Crippen LogP contribution in [0.5, 0.6) is 0 Å². The SMILES string of the molecule is CC(=O)NC1C(OCCOCCNC(=O)CC[C@H](NC(=O)CC[C@H](NC(=O)CCOCCOCCOCCOCCOCCOCCO)C(=O)NCCOCCOC2OC(COC(C)=O)C(OC(C)=O)C(OC(C)=O)C2NC(C)=O)C(=O)NCCOCCOC2OC(CO)C(OC(C)=O)C(OC(C)=O)C2NC(C)=O)OC(CO)C(OC(C)=O)C1OC(C)=O. The summed E-state index contributed by atoms with van der Waals surface area (Å²) in [6, 6.07) is -6.60. The van der Waals surface area contributed by atoms with Crippen molar-refractivity contribution in [2.75, 3.05) is 185 Å². The van der Waals surface area contributed by atoms with E-state index in [1.165, 1.54) is 6.92 Å². The van der Waals surface area contributed by atoms with Gasteiger partial charge in [-0.15, -0.1) is 0 Å². The highest BCUT2D eigenvalue weighted by Crippen LogP contribution is 2.31. The van der Waals surface area contributed by atoms with E-state index < -0.39 is 219 Å². The average molecular weight is 1780 g/mol. The van der Waals surface area contributed by atoms with Crippen LogP contribution in [0.4, 0.5) is 0 Å². The van der Waals surface area contributed by atoms with Crippen LogP contribution in [0.3, 0.4) is 0 Å². The molecule has 704 valence electrons. The van der Waals surface area contributed by atoms with Gasteiger partial charge in [-0.3, -0.25) is 71.9 Å². The van der Waals surface area contributed by atoms with Gasteiger partial charge in [0, 0.05) is 108 Å². The second-order valence-corrected chi connectivity index (χ2v) is 27.3. The van der Waals surface area contributed by atoms with Gasteiger partial charge >= 0.3 is 41.8 Å². The molecule has 0 radical (unpaired) electrons. The molecule has 11 N–H and O–H groups in total. The van der Waals surface area contributed by atoms with Crippen LogP contribution in [0.1, 0.15) is 101 Å². The summed E-state index contributed by atoms with van der Waals surface area (Å²) in [5.74, 6) is -11.1. The molecule has 48 heteroatoms. The van der Waals surface area contributed by atoms with E-state index in [-0.39, 0.29) is 151 Å². The number of amides is 8. The largest absolute Gasteiger partial charge is 0.463 e. The number of aliphatic hydroxyl groups excluding tert-OH is 3. The van der Waals surface area contributed by atoms with Crippen molar-refractivity contribution in [3.63, 3.8) is 0 Å². The predicted octanol–water partition coefficient (Wildman–Crippen LogP) is -6.73. The van der Waals surface area contributed by atoms with E-state index in [1.54, 1.807) is 0 Å². The van der Waals surface area contributed by atoms with Crippen molar-refractivity contribution in [2.24, 2.45) is 0 Å². The van der Waals surface area contributed by atoms with Crippen LogP contribution in [-0.4, -0.2) is 393 Å². The van der Waals surface area contributed by atoms with Crippen LogP contribution in [0, 0.1) is 0 Å². The minimum Gasteiger partial charge on any atom is -0.463 e. The lowest BCUT2D eigenvalue weighted by Gasteiger charge is -2.44. The van der Waals surface area contributed by atoms with E-state index in [0.717, 1.165) is 62.3 Å². The van der Waals surface area contributed by atoms with Crippen molar-refractivity contribution < 1.29 is 191 Å². The summed E-state index contributed by atoms with van der Waals surface area (Å²) in [5, 5.41) is 49.9. The Morgan fingerprint density at radius 3 is 0.894 bits per heavy atom. The molecule has 0 aliphatic carbocycles. The molecule has 0 aromatic rings. The van der Waals surface area contributed by atoms with Gasteiger partial charge in [-0.1, -0.05) is 0 Å².